The minimum Gasteiger partial charge on any atom is -0.380 e. The van der Waals surface area contributed by atoms with Crippen LogP contribution in [0.4, 0.5) is 11.6 Å². The Morgan fingerprint density at radius 1 is 1.05 bits per heavy atom. The first-order valence-corrected chi connectivity index (χ1v) is 7.22. The topological polar surface area (TPSA) is 59.1 Å². The number of nitrogens with one attached hydrogen (secondary N) is 2. The lowest BCUT2D eigenvalue weighted by Gasteiger charge is -2.13. The summed E-state index contributed by atoms with van der Waals surface area (Å²) in [4.78, 5) is 8.58. The van der Waals surface area contributed by atoms with E-state index in [1.165, 1.54) is 6.42 Å². The van der Waals surface area contributed by atoms with E-state index >= 15 is 0 Å². The standard InChI is InChI=1S/C14H26N4O/c1-4-7-9-19-10-8-16-14-12(5-2)13(15-6-3)17-11-18-14/h11H,4-10H2,1-3H3,(H2,15,16,17,18). The van der Waals surface area contributed by atoms with Gasteiger partial charge in [-0.1, -0.05) is 20.3 Å². The number of anilines is 2. The summed E-state index contributed by atoms with van der Waals surface area (Å²) in [6, 6.07) is 0. The lowest BCUT2D eigenvalue weighted by atomic mass is 10.2. The third-order valence-corrected chi connectivity index (χ3v) is 2.82. The molecule has 0 unspecified atom stereocenters. The summed E-state index contributed by atoms with van der Waals surface area (Å²) >= 11 is 0. The molecule has 0 aliphatic carbocycles. The Morgan fingerprint density at radius 2 is 1.79 bits per heavy atom. The second kappa shape index (κ2) is 9.55. The Kier molecular flexibility index (Phi) is 7.89. The summed E-state index contributed by atoms with van der Waals surface area (Å²) in [5.74, 6) is 1.84. The maximum atomic E-state index is 5.53. The van der Waals surface area contributed by atoms with Crippen LogP contribution in [-0.4, -0.2) is 36.3 Å². The van der Waals surface area contributed by atoms with E-state index in [9.17, 15) is 0 Å². The third kappa shape index (κ3) is 5.42. The van der Waals surface area contributed by atoms with Gasteiger partial charge in [-0.05, 0) is 19.8 Å². The molecule has 0 atom stereocenters. The van der Waals surface area contributed by atoms with Crippen LogP contribution in [0.5, 0.6) is 0 Å². The molecule has 0 amide bonds. The average Bonchev–Trinajstić information content (AvgIpc) is 2.43. The van der Waals surface area contributed by atoms with Crippen molar-refractivity contribution in [1.82, 2.24) is 9.97 Å². The van der Waals surface area contributed by atoms with Crippen molar-refractivity contribution >= 4 is 11.6 Å². The molecular weight excluding hydrogens is 240 g/mol. The van der Waals surface area contributed by atoms with Gasteiger partial charge in [0.05, 0.1) is 6.61 Å². The number of unbranched alkanes of at least 4 members (excludes halogenated alkanes) is 1. The molecule has 0 radical (unpaired) electrons. The molecular formula is C14H26N4O. The zero-order valence-corrected chi connectivity index (χ0v) is 12.3. The van der Waals surface area contributed by atoms with E-state index < -0.39 is 0 Å². The van der Waals surface area contributed by atoms with Crippen molar-refractivity contribution in [2.45, 2.75) is 40.0 Å². The minimum atomic E-state index is 0.712. The maximum Gasteiger partial charge on any atom is 0.134 e. The first-order valence-electron chi connectivity index (χ1n) is 7.22. The fraction of sp³-hybridized carbons (Fsp3) is 0.714. The number of ether oxygens (including phenoxy) is 1. The molecule has 1 rings (SSSR count). The molecule has 0 aromatic carbocycles. The highest BCUT2D eigenvalue weighted by Crippen LogP contribution is 2.19. The summed E-state index contributed by atoms with van der Waals surface area (Å²) in [5, 5.41) is 6.59. The van der Waals surface area contributed by atoms with Crippen LogP contribution in [0.2, 0.25) is 0 Å². The van der Waals surface area contributed by atoms with E-state index in [1.807, 2.05) is 0 Å². The highest BCUT2D eigenvalue weighted by molar-refractivity contribution is 5.57. The van der Waals surface area contributed by atoms with Gasteiger partial charge in [0.15, 0.2) is 0 Å². The van der Waals surface area contributed by atoms with Crippen molar-refractivity contribution in [2.24, 2.45) is 0 Å². The molecule has 0 aliphatic rings. The van der Waals surface area contributed by atoms with Crippen molar-refractivity contribution in [3.05, 3.63) is 11.9 Å². The largest absolute Gasteiger partial charge is 0.380 e. The zero-order valence-electron chi connectivity index (χ0n) is 12.3. The maximum absolute atomic E-state index is 5.53. The van der Waals surface area contributed by atoms with Crippen molar-refractivity contribution in [3.8, 4) is 0 Å². The van der Waals surface area contributed by atoms with Gasteiger partial charge in [-0.15, -0.1) is 0 Å². The predicted octanol–water partition coefficient (Wildman–Crippen LogP) is 2.70. The molecule has 0 aliphatic heterocycles. The zero-order chi connectivity index (χ0) is 13.9. The first-order chi connectivity index (χ1) is 9.33. The van der Waals surface area contributed by atoms with Crippen LogP contribution >= 0.6 is 0 Å². The van der Waals surface area contributed by atoms with Gasteiger partial charge in [0.2, 0.25) is 0 Å². The summed E-state index contributed by atoms with van der Waals surface area (Å²) < 4.78 is 5.53. The Morgan fingerprint density at radius 3 is 2.42 bits per heavy atom. The molecule has 0 saturated carbocycles. The van der Waals surface area contributed by atoms with E-state index in [4.69, 9.17) is 4.74 Å². The SMILES string of the molecule is CCCCOCCNc1ncnc(NCC)c1CC. The first kappa shape index (κ1) is 15.7. The van der Waals surface area contributed by atoms with Gasteiger partial charge in [-0.3, -0.25) is 0 Å². The van der Waals surface area contributed by atoms with Gasteiger partial charge in [-0.25, -0.2) is 9.97 Å². The van der Waals surface area contributed by atoms with Gasteiger partial charge in [0.25, 0.3) is 0 Å². The van der Waals surface area contributed by atoms with Gasteiger partial charge in [0, 0.05) is 25.3 Å². The van der Waals surface area contributed by atoms with Gasteiger partial charge < -0.3 is 15.4 Å². The highest BCUT2D eigenvalue weighted by Gasteiger charge is 2.08. The summed E-state index contributed by atoms with van der Waals surface area (Å²) in [7, 11) is 0. The molecule has 1 aromatic heterocycles. The number of hydrogen-bond donors (Lipinski definition) is 2. The molecule has 0 spiro atoms. The number of hydrogen-bond acceptors (Lipinski definition) is 5. The highest BCUT2D eigenvalue weighted by atomic mass is 16.5. The van der Waals surface area contributed by atoms with Crippen LogP contribution < -0.4 is 10.6 Å². The molecule has 0 fully saturated rings. The molecule has 1 aromatic rings. The minimum absolute atomic E-state index is 0.712. The summed E-state index contributed by atoms with van der Waals surface area (Å²) in [6.07, 6.45) is 4.79. The molecule has 2 N–H and O–H groups in total. The van der Waals surface area contributed by atoms with Crippen LogP contribution in [0.3, 0.4) is 0 Å². The fourth-order valence-electron chi connectivity index (χ4n) is 1.81. The molecule has 0 bridgehead atoms. The van der Waals surface area contributed by atoms with E-state index in [-0.39, 0.29) is 0 Å². The normalized spacial score (nSPS) is 10.5. The van der Waals surface area contributed by atoms with E-state index in [2.05, 4.69) is 41.4 Å². The number of rotatable bonds is 10. The Balaban J connectivity index is 2.46. The molecule has 0 saturated heterocycles. The van der Waals surface area contributed by atoms with Crippen LogP contribution in [0.25, 0.3) is 0 Å². The van der Waals surface area contributed by atoms with Crippen molar-refractivity contribution in [1.29, 1.82) is 0 Å². The number of aromatic nitrogens is 2. The molecule has 5 nitrogen and oxygen atoms in total. The van der Waals surface area contributed by atoms with Crippen LogP contribution in [-0.2, 0) is 11.2 Å². The van der Waals surface area contributed by atoms with Crippen LogP contribution in [0, 0.1) is 0 Å². The molecule has 108 valence electrons. The lowest BCUT2D eigenvalue weighted by Crippen LogP contribution is -2.14. The van der Waals surface area contributed by atoms with Crippen molar-refractivity contribution < 1.29 is 4.74 Å². The van der Waals surface area contributed by atoms with Gasteiger partial charge >= 0.3 is 0 Å². The average molecular weight is 266 g/mol. The Bertz CT molecular complexity index is 357. The van der Waals surface area contributed by atoms with Crippen molar-refractivity contribution in [3.63, 3.8) is 0 Å². The summed E-state index contributed by atoms with van der Waals surface area (Å²) in [5.41, 5.74) is 1.14. The van der Waals surface area contributed by atoms with Crippen LogP contribution in [0.1, 0.15) is 39.2 Å². The van der Waals surface area contributed by atoms with Crippen LogP contribution in [0.15, 0.2) is 6.33 Å². The monoisotopic (exact) mass is 266 g/mol. The smallest absolute Gasteiger partial charge is 0.134 e. The lowest BCUT2D eigenvalue weighted by molar-refractivity contribution is 0.141. The number of nitrogens with zero attached hydrogens (tertiary/aromatic N) is 2. The third-order valence-electron chi connectivity index (χ3n) is 2.82. The molecule has 1 heterocycles. The Labute approximate surface area is 116 Å². The van der Waals surface area contributed by atoms with E-state index in [0.29, 0.717) is 6.61 Å². The van der Waals surface area contributed by atoms with Crippen molar-refractivity contribution in [2.75, 3.05) is 36.9 Å². The predicted molar refractivity (Wildman–Crippen MR) is 79.8 cm³/mol. The van der Waals surface area contributed by atoms with E-state index in [1.54, 1.807) is 6.33 Å². The van der Waals surface area contributed by atoms with Gasteiger partial charge in [-0.2, -0.15) is 0 Å². The second-order valence-corrected chi connectivity index (χ2v) is 4.33. The molecule has 19 heavy (non-hydrogen) atoms. The van der Waals surface area contributed by atoms with Gasteiger partial charge in [0.1, 0.15) is 18.0 Å². The quantitative estimate of drug-likeness (QED) is 0.638. The molecule has 5 heteroatoms. The summed E-state index contributed by atoms with van der Waals surface area (Å²) in [6.45, 7) is 9.54. The second-order valence-electron chi connectivity index (χ2n) is 4.33. The Hall–Kier alpha value is -1.36. The fourth-order valence-corrected chi connectivity index (χ4v) is 1.81. The van der Waals surface area contributed by atoms with E-state index in [0.717, 1.165) is 49.7 Å².